The third-order valence-electron chi connectivity index (χ3n) is 2.39. The summed E-state index contributed by atoms with van der Waals surface area (Å²) >= 11 is 1.27. The molecule has 0 saturated heterocycles. The Morgan fingerprint density at radius 3 is 2.16 bits per heavy atom. The minimum absolute atomic E-state index is 0.0243. The van der Waals surface area contributed by atoms with Crippen LogP contribution in [-0.4, -0.2) is 32.2 Å². The third-order valence-corrected chi connectivity index (χ3v) is 3.09. The summed E-state index contributed by atoms with van der Waals surface area (Å²) in [4.78, 5) is 11.4. The second-order valence-corrected chi connectivity index (χ2v) is 4.81. The van der Waals surface area contributed by atoms with Gasteiger partial charge in [0.05, 0.1) is 21.3 Å². The third kappa shape index (κ3) is 4.21. The Balaban J connectivity index is 3.06. The minimum atomic E-state index is 0.0243. The number of hydrogen-bond acceptors (Lipinski definition) is 5. The van der Waals surface area contributed by atoms with Crippen LogP contribution in [0.3, 0.4) is 0 Å². The van der Waals surface area contributed by atoms with Crippen LogP contribution in [0.5, 0.6) is 17.2 Å². The van der Waals surface area contributed by atoms with Crippen molar-refractivity contribution in [1.29, 1.82) is 0 Å². The first-order chi connectivity index (χ1) is 9.15. The largest absolute Gasteiger partial charge is 0.493 e. The van der Waals surface area contributed by atoms with Crippen molar-refractivity contribution in [3.8, 4) is 17.2 Å². The maximum absolute atomic E-state index is 11.4. The molecular weight excluding hydrogens is 264 g/mol. The molecular formula is C14H18O4S. The highest BCUT2D eigenvalue weighted by molar-refractivity contribution is 8.14. The molecule has 0 aliphatic rings. The van der Waals surface area contributed by atoms with E-state index in [-0.39, 0.29) is 5.12 Å². The predicted octanol–water partition coefficient (Wildman–Crippen LogP) is 3.01. The van der Waals surface area contributed by atoms with Gasteiger partial charge in [-0.2, -0.15) is 0 Å². The van der Waals surface area contributed by atoms with Gasteiger partial charge in [0.25, 0.3) is 0 Å². The summed E-state index contributed by atoms with van der Waals surface area (Å²) in [5.74, 6) is 2.43. The Labute approximate surface area is 117 Å². The van der Waals surface area contributed by atoms with Gasteiger partial charge < -0.3 is 14.2 Å². The molecule has 1 aromatic rings. The highest BCUT2D eigenvalue weighted by atomic mass is 32.2. The van der Waals surface area contributed by atoms with Gasteiger partial charge in [-0.3, -0.25) is 4.79 Å². The quantitative estimate of drug-likeness (QED) is 0.750. The van der Waals surface area contributed by atoms with E-state index in [9.17, 15) is 4.79 Å². The molecule has 0 fully saturated rings. The molecule has 0 bridgehead atoms. The smallest absolute Gasteiger partial charge is 0.212 e. The van der Waals surface area contributed by atoms with Crippen molar-refractivity contribution in [2.75, 3.05) is 27.1 Å². The van der Waals surface area contributed by atoms with Crippen molar-refractivity contribution in [3.63, 3.8) is 0 Å². The van der Waals surface area contributed by atoms with E-state index in [0.29, 0.717) is 17.2 Å². The predicted molar refractivity (Wildman–Crippen MR) is 78.3 cm³/mol. The molecule has 0 radical (unpaired) electrons. The average molecular weight is 282 g/mol. The first-order valence-corrected chi connectivity index (χ1v) is 6.79. The van der Waals surface area contributed by atoms with Gasteiger partial charge in [-0.05, 0) is 29.5 Å². The number of rotatable bonds is 6. The Kier molecular flexibility index (Phi) is 6.29. The van der Waals surface area contributed by atoms with Gasteiger partial charge in [0.1, 0.15) is 0 Å². The highest BCUT2D eigenvalue weighted by Gasteiger charge is 2.12. The van der Waals surface area contributed by atoms with Gasteiger partial charge in [-0.1, -0.05) is 24.8 Å². The van der Waals surface area contributed by atoms with Crippen molar-refractivity contribution in [3.05, 3.63) is 23.8 Å². The fourth-order valence-electron chi connectivity index (χ4n) is 1.55. The highest BCUT2D eigenvalue weighted by Crippen LogP contribution is 2.38. The lowest BCUT2D eigenvalue weighted by molar-refractivity contribution is -0.106. The monoisotopic (exact) mass is 282 g/mol. The summed E-state index contributed by atoms with van der Waals surface area (Å²) in [5.41, 5.74) is 0.819. The number of carbonyl (C=O) groups excluding carboxylic acids is 1. The zero-order valence-electron chi connectivity index (χ0n) is 11.6. The van der Waals surface area contributed by atoms with Crippen LogP contribution in [0.4, 0.5) is 0 Å². The number of ether oxygens (including phenoxy) is 3. The van der Waals surface area contributed by atoms with Gasteiger partial charge in [-0.25, -0.2) is 0 Å². The number of hydrogen-bond donors (Lipinski definition) is 0. The summed E-state index contributed by atoms with van der Waals surface area (Å²) < 4.78 is 15.7. The number of carbonyl (C=O) groups is 1. The van der Waals surface area contributed by atoms with E-state index in [1.165, 1.54) is 17.8 Å². The summed E-state index contributed by atoms with van der Waals surface area (Å²) in [6, 6.07) is 3.59. The van der Waals surface area contributed by atoms with Crippen molar-refractivity contribution in [2.24, 2.45) is 0 Å². The van der Waals surface area contributed by atoms with Gasteiger partial charge in [0.2, 0.25) is 10.9 Å². The molecule has 19 heavy (non-hydrogen) atoms. The van der Waals surface area contributed by atoms with Crippen LogP contribution in [0, 0.1) is 0 Å². The molecule has 104 valence electrons. The van der Waals surface area contributed by atoms with Crippen LogP contribution in [0.15, 0.2) is 18.2 Å². The minimum Gasteiger partial charge on any atom is -0.493 e. The molecule has 0 heterocycles. The van der Waals surface area contributed by atoms with Crippen molar-refractivity contribution in [1.82, 2.24) is 0 Å². The zero-order chi connectivity index (χ0) is 14.3. The maximum Gasteiger partial charge on any atom is 0.212 e. The Morgan fingerprint density at radius 2 is 1.74 bits per heavy atom. The van der Waals surface area contributed by atoms with Crippen molar-refractivity contribution < 1.29 is 19.0 Å². The van der Waals surface area contributed by atoms with E-state index in [2.05, 4.69) is 0 Å². The summed E-state index contributed by atoms with van der Waals surface area (Å²) in [6.45, 7) is 1.94. The standard InChI is InChI=1S/C14H18O4S/c1-5-19-13(15)7-6-10-8-11(16-2)14(18-4)12(9-10)17-3/h6-9H,5H2,1-4H3/b7-6+. The van der Waals surface area contributed by atoms with Crippen LogP contribution >= 0.6 is 11.8 Å². The molecule has 0 N–H and O–H groups in total. The first-order valence-electron chi connectivity index (χ1n) is 5.81. The van der Waals surface area contributed by atoms with E-state index in [1.807, 2.05) is 6.92 Å². The Bertz CT molecular complexity index is 444. The fraction of sp³-hybridized carbons (Fsp3) is 0.357. The molecule has 0 atom stereocenters. The summed E-state index contributed by atoms with van der Waals surface area (Å²) in [7, 11) is 4.67. The Hall–Kier alpha value is -1.62. The molecule has 0 spiro atoms. The topological polar surface area (TPSA) is 44.8 Å². The average Bonchev–Trinajstić information content (AvgIpc) is 2.44. The maximum atomic E-state index is 11.4. The number of methoxy groups -OCH3 is 3. The lowest BCUT2D eigenvalue weighted by atomic mass is 10.1. The molecule has 0 aliphatic carbocycles. The molecule has 0 saturated carbocycles. The summed E-state index contributed by atoms with van der Waals surface area (Å²) in [5, 5.41) is 0.0243. The summed E-state index contributed by atoms with van der Waals surface area (Å²) in [6.07, 6.45) is 3.27. The fourth-order valence-corrected chi connectivity index (χ4v) is 2.00. The van der Waals surface area contributed by atoms with E-state index >= 15 is 0 Å². The van der Waals surface area contributed by atoms with Crippen LogP contribution in [0.25, 0.3) is 6.08 Å². The lowest BCUT2D eigenvalue weighted by Gasteiger charge is -2.12. The van der Waals surface area contributed by atoms with Crippen LogP contribution in [0.1, 0.15) is 12.5 Å². The van der Waals surface area contributed by atoms with Gasteiger partial charge in [0.15, 0.2) is 11.5 Å². The molecule has 0 aromatic heterocycles. The van der Waals surface area contributed by atoms with Crippen molar-refractivity contribution >= 4 is 23.0 Å². The molecule has 1 rings (SSSR count). The van der Waals surface area contributed by atoms with Gasteiger partial charge in [0, 0.05) is 0 Å². The van der Waals surface area contributed by atoms with Crippen LogP contribution < -0.4 is 14.2 Å². The van der Waals surface area contributed by atoms with Crippen LogP contribution in [-0.2, 0) is 4.79 Å². The Morgan fingerprint density at radius 1 is 1.16 bits per heavy atom. The van der Waals surface area contributed by atoms with Crippen LogP contribution in [0.2, 0.25) is 0 Å². The van der Waals surface area contributed by atoms with Gasteiger partial charge in [-0.15, -0.1) is 0 Å². The molecule has 0 amide bonds. The number of benzene rings is 1. The lowest BCUT2D eigenvalue weighted by Crippen LogP contribution is -1.95. The van der Waals surface area contributed by atoms with E-state index in [4.69, 9.17) is 14.2 Å². The molecule has 1 aromatic carbocycles. The van der Waals surface area contributed by atoms with E-state index < -0.39 is 0 Å². The molecule has 0 aliphatic heterocycles. The van der Waals surface area contributed by atoms with Crippen molar-refractivity contribution in [2.45, 2.75) is 6.92 Å². The molecule has 0 unspecified atom stereocenters. The van der Waals surface area contributed by atoms with Gasteiger partial charge >= 0.3 is 0 Å². The molecule has 4 nitrogen and oxygen atoms in total. The first kappa shape index (κ1) is 15.4. The van der Waals surface area contributed by atoms with E-state index in [0.717, 1.165) is 11.3 Å². The van der Waals surface area contributed by atoms with E-state index in [1.54, 1.807) is 39.5 Å². The molecule has 5 heteroatoms. The second kappa shape index (κ2) is 7.74. The number of thioether (sulfide) groups is 1. The second-order valence-electron chi connectivity index (χ2n) is 3.54. The zero-order valence-corrected chi connectivity index (χ0v) is 12.4. The SMILES string of the molecule is CCSC(=O)/C=C/c1cc(OC)c(OC)c(OC)c1. The normalized spacial score (nSPS) is 10.5.